The van der Waals surface area contributed by atoms with Crippen LogP contribution in [0.25, 0.3) is 0 Å². The molecule has 0 saturated carbocycles. The molecule has 0 saturated heterocycles. The normalized spacial score (nSPS) is 11.6. The van der Waals surface area contributed by atoms with Crippen LogP contribution in [0.3, 0.4) is 0 Å². The fourth-order valence-electron chi connectivity index (χ4n) is 1.48. The van der Waals surface area contributed by atoms with Crippen molar-refractivity contribution < 1.29 is 0 Å². The van der Waals surface area contributed by atoms with Crippen LogP contribution in [0.4, 0.5) is 0 Å². The van der Waals surface area contributed by atoms with Crippen molar-refractivity contribution in [3.05, 3.63) is 16.1 Å². The summed E-state index contributed by atoms with van der Waals surface area (Å²) in [5, 5.41) is 9.92. The number of hydrogen-bond acceptors (Lipinski definition) is 3. The monoisotopic (exact) mass is 396 g/mol. The summed E-state index contributed by atoms with van der Waals surface area (Å²) < 4.78 is 0. The van der Waals surface area contributed by atoms with Crippen molar-refractivity contribution in [2.75, 3.05) is 13.6 Å². The minimum atomic E-state index is 0. The highest BCUT2D eigenvalue weighted by Crippen LogP contribution is 2.19. The number of hydrogen-bond donors (Lipinski definition) is 2. The minimum absolute atomic E-state index is 0. The summed E-state index contributed by atoms with van der Waals surface area (Å²) in [4.78, 5) is 8.78. The molecule has 0 amide bonds. The number of rotatable bonds is 5. The van der Waals surface area contributed by atoms with Crippen LogP contribution < -0.4 is 10.6 Å². The minimum Gasteiger partial charge on any atom is -0.356 e. The molecule has 0 aliphatic rings. The molecule has 110 valence electrons. The highest BCUT2D eigenvalue weighted by Gasteiger charge is 2.06. The van der Waals surface area contributed by atoms with Crippen LogP contribution >= 0.6 is 35.3 Å². The lowest BCUT2D eigenvalue weighted by atomic mass is 10.2. The SMILES string of the molecule is CN=C(NCCc1csc(C(C)C)n1)NC(C)C.I. The van der Waals surface area contributed by atoms with Crippen molar-refractivity contribution in [1.29, 1.82) is 0 Å². The van der Waals surface area contributed by atoms with Gasteiger partial charge in [0.2, 0.25) is 0 Å². The highest BCUT2D eigenvalue weighted by atomic mass is 127. The van der Waals surface area contributed by atoms with E-state index in [1.54, 1.807) is 18.4 Å². The van der Waals surface area contributed by atoms with E-state index in [0.717, 1.165) is 24.6 Å². The van der Waals surface area contributed by atoms with Gasteiger partial charge in [0.25, 0.3) is 0 Å². The first-order chi connectivity index (χ1) is 8.52. The molecular weight excluding hydrogens is 371 g/mol. The maximum atomic E-state index is 4.61. The summed E-state index contributed by atoms with van der Waals surface area (Å²) in [5.41, 5.74) is 1.16. The molecular formula is C13H25IN4S. The van der Waals surface area contributed by atoms with Gasteiger partial charge in [-0.15, -0.1) is 35.3 Å². The molecule has 0 atom stereocenters. The van der Waals surface area contributed by atoms with E-state index in [4.69, 9.17) is 0 Å². The first kappa shape index (κ1) is 18.6. The van der Waals surface area contributed by atoms with Gasteiger partial charge in [-0.3, -0.25) is 4.99 Å². The molecule has 0 aliphatic heterocycles. The van der Waals surface area contributed by atoms with E-state index in [-0.39, 0.29) is 24.0 Å². The molecule has 0 radical (unpaired) electrons. The lowest BCUT2D eigenvalue weighted by molar-refractivity contribution is 0.696. The van der Waals surface area contributed by atoms with Gasteiger partial charge in [-0.05, 0) is 13.8 Å². The number of aromatic nitrogens is 1. The quantitative estimate of drug-likeness (QED) is 0.457. The number of thiazole rings is 1. The van der Waals surface area contributed by atoms with E-state index in [1.165, 1.54) is 5.01 Å². The Bertz CT molecular complexity index is 388. The van der Waals surface area contributed by atoms with Crippen molar-refractivity contribution in [1.82, 2.24) is 15.6 Å². The molecule has 19 heavy (non-hydrogen) atoms. The van der Waals surface area contributed by atoms with E-state index in [1.807, 2.05) is 0 Å². The molecule has 0 unspecified atom stereocenters. The Morgan fingerprint density at radius 3 is 2.53 bits per heavy atom. The predicted octanol–water partition coefficient (Wildman–Crippen LogP) is 3.00. The number of halogens is 1. The molecule has 4 nitrogen and oxygen atoms in total. The van der Waals surface area contributed by atoms with Gasteiger partial charge >= 0.3 is 0 Å². The van der Waals surface area contributed by atoms with Crippen molar-refractivity contribution >= 4 is 41.3 Å². The maximum absolute atomic E-state index is 4.61. The van der Waals surface area contributed by atoms with Crippen molar-refractivity contribution in [2.24, 2.45) is 4.99 Å². The predicted molar refractivity (Wildman–Crippen MR) is 95.0 cm³/mol. The molecule has 0 aromatic carbocycles. The van der Waals surface area contributed by atoms with Crippen molar-refractivity contribution in [2.45, 2.75) is 46.1 Å². The average Bonchev–Trinajstić information content (AvgIpc) is 2.76. The topological polar surface area (TPSA) is 49.3 Å². The van der Waals surface area contributed by atoms with Crippen LogP contribution in [0.1, 0.15) is 44.3 Å². The van der Waals surface area contributed by atoms with Crippen LogP contribution in [-0.2, 0) is 6.42 Å². The number of nitrogens with zero attached hydrogens (tertiary/aromatic N) is 2. The molecule has 0 bridgehead atoms. The largest absolute Gasteiger partial charge is 0.356 e. The zero-order chi connectivity index (χ0) is 13.5. The maximum Gasteiger partial charge on any atom is 0.191 e. The summed E-state index contributed by atoms with van der Waals surface area (Å²) in [5.74, 6) is 1.37. The van der Waals surface area contributed by atoms with Gasteiger partial charge in [-0.1, -0.05) is 13.8 Å². The third-order valence-electron chi connectivity index (χ3n) is 2.39. The second kappa shape index (κ2) is 9.52. The Balaban J connectivity index is 0.00000324. The van der Waals surface area contributed by atoms with Crippen LogP contribution in [0.5, 0.6) is 0 Å². The molecule has 1 heterocycles. The Hall–Kier alpha value is -0.370. The zero-order valence-electron chi connectivity index (χ0n) is 12.4. The van der Waals surface area contributed by atoms with Crippen LogP contribution in [0.2, 0.25) is 0 Å². The molecule has 1 aromatic rings. The fraction of sp³-hybridized carbons (Fsp3) is 0.692. The van der Waals surface area contributed by atoms with Crippen molar-refractivity contribution in [3.63, 3.8) is 0 Å². The van der Waals surface area contributed by atoms with Gasteiger partial charge in [-0.2, -0.15) is 0 Å². The van der Waals surface area contributed by atoms with Crippen LogP contribution in [0, 0.1) is 0 Å². The number of guanidine groups is 1. The third-order valence-corrected chi connectivity index (χ3v) is 3.58. The number of nitrogens with one attached hydrogen (secondary N) is 2. The molecule has 2 N–H and O–H groups in total. The summed E-state index contributed by atoms with van der Waals surface area (Å²) >= 11 is 1.75. The first-order valence-electron chi connectivity index (χ1n) is 6.44. The van der Waals surface area contributed by atoms with Crippen LogP contribution in [-0.4, -0.2) is 30.6 Å². The molecule has 0 fully saturated rings. The molecule has 1 rings (SSSR count). The molecule has 6 heteroatoms. The Morgan fingerprint density at radius 1 is 1.37 bits per heavy atom. The summed E-state index contributed by atoms with van der Waals surface area (Å²) in [6, 6.07) is 0.392. The van der Waals surface area contributed by atoms with E-state index >= 15 is 0 Å². The van der Waals surface area contributed by atoms with Gasteiger partial charge in [0.05, 0.1) is 10.7 Å². The fourth-order valence-corrected chi connectivity index (χ4v) is 2.35. The van der Waals surface area contributed by atoms with Gasteiger partial charge in [-0.25, -0.2) is 4.98 Å². The average molecular weight is 396 g/mol. The van der Waals surface area contributed by atoms with E-state index in [9.17, 15) is 0 Å². The lowest BCUT2D eigenvalue weighted by Gasteiger charge is -2.13. The van der Waals surface area contributed by atoms with Crippen LogP contribution in [0.15, 0.2) is 10.4 Å². The third kappa shape index (κ3) is 7.10. The smallest absolute Gasteiger partial charge is 0.191 e. The van der Waals surface area contributed by atoms with E-state index in [2.05, 4.69) is 53.7 Å². The van der Waals surface area contributed by atoms with E-state index in [0.29, 0.717) is 12.0 Å². The van der Waals surface area contributed by atoms with Gasteiger partial charge < -0.3 is 10.6 Å². The Labute approximate surface area is 137 Å². The lowest BCUT2D eigenvalue weighted by Crippen LogP contribution is -2.41. The first-order valence-corrected chi connectivity index (χ1v) is 7.32. The van der Waals surface area contributed by atoms with Gasteiger partial charge in [0, 0.05) is 37.4 Å². The van der Waals surface area contributed by atoms with Gasteiger partial charge in [0.15, 0.2) is 5.96 Å². The summed E-state index contributed by atoms with van der Waals surface area (Å²) in [6.45, 7) is 9.41. The number of aliphatic imine (C=N–C) groups is 1. The zero-order valence-corrected chi connectivity index (χ0v) is 15.5. The second-order valence-corrected chi connectivity index (χ2v) is 5.77. The molecule has 0 spiro atoms. The Morgan fingerprint density at radius 2 is 2.05 bits per heavy atom. The highest BCUT2D eigenvalue weighted by molar-refractivity contribution is 14.0. The van der Waals surface area contributed by atoms with E-state index < -0.39 is 0 Å². The second-order valence-electron chi connectivity index (χ2n) is 4.88. The summed E-state index contributed by atoms with van der Waals surface area (Å²) in [6.07, 6.45) is 0.933. The standard InChI is InChI=1S/C13H24N4S.HI/c1-9(2)12-17-11(8-18-12)6-7-15-13(14-5)16-10(3)4;/h8-10H,6-7H2,1-5H3,(H2,14,15,16);1H. The van der Waals surface area contributed by atoms with Gasteiger partial charge in [0.1, 0.15) is 0 Å². The Kier molecular flexibility index (Phi) is 9.34. The van der Waals surface area contributed by atoms with Crippen molar-refractivity contribution in [3.8, 4) is 0 Å². The summed E-state index contributed by atoms with van der Waals surface area (Å²) in [7, 11) is 1.79. The molecule has 1 aromatic heterocycles. The molecule has 0 aliphatic carbocycles.